The minimum Gasteiger partial charge on any atom is -0.497 e. The summed E-state index contributed by atoms with van der Waals surface area (Å²) in [5.41, 5.74) is 4.28. The number of anilines is 2. The van der Waals surface area contributed by atoms with Gasteiger partial charge in [0.15, 0.2) is 0 Å². The number of methoxy groups -OCH3 is 1. The SMILES string of the molecule is COc1ccc(C(=O)Nc2ccc(SC(C)C(=O)Nc3ccc(C)cc3C)cc2)cc1. The Bertz CT molecular complexity index is 1060. The number of rotatable bonds is 7. The largest absolute Gasteiger partial charge is 0.497 e. The second kappa shape index (κ2) is 10.2. The van der Waals surface area contributed by atoms with Crippen LogP contribution in [-0.4, -0.2) is 24.2 Å². The summed E-state index contributed by atoms with van der Waals surface area (Å²) >= 11 is 1.47. The number of carbonyl (C=O) groups excluding carboxylic acids is 2. The minimum absolute atomic E-state index is 0.0474. The van der Waals surface area contributed by atoms with Crippen molar-refractivity contribution in [2.24, 2.45) is 0 Å². The fraction of sp³-hybridized carbons (Fsp3) is 0.200. The molecule has 0 aromatic heterocycles. The predicted octanol–water partition coefficient (Wildman–Crippen LogP) is 5.68. The molecule has 2 amide bonds. The van der Waals surface area contributed by atoms with Gasteiger partial charge in [0, 0.05) is 21.8 Å². The van der Waals surface area contributed by atoms with E-state index in [-0.39, 0.29) is 17.1 Å². The van der Waals surface area contributed by atoms with Crippen LogP contribution in [0.15, 0.2) is 71.6 Å². The van der Waals surface area contributed by atoms with E-state index in [1.165, 1.54) is 11.8 Å². The maximum Gasteiger partial charge on any atom is 0.255 e. The van der Waals surface area contributed by atoms with E-state index in [1.807, 2.05) is 63.2 Å². The summed E-state index contributed by atoms with van der Waals surface area (Å²) in [4.78, 5) is 25.9. The number of ether oxygens (including phenoxy) is 1. The van der Waals surface area contributed by atoms with Gasteiger partial charge in [-0.05, 0) is 80.9 Å². The standard InChI is InChI=1S/C25H26N2O3S/c1-16-5-14-23(17(2)15-16)27-24(28)18(3)31-22-12-8-20(9-13-22)26-25(29)19-6-10-21(30-4)11-7-19/h5-15,18H,1-4H3,(H,26,29)(H,27,28). The molecular formula is C25H26N2O3S. The van der Waals surface area contributed by atoms with Gasteiger partial charge < -0.3 is 15.4 Å². The van der Waals surface area contributed by atoms with Crippen molar-refractivity contribution in [3.63, 3.8) is 0 Å². The average molecular weight is 435 g/mol. The lowest BCUT2D eigenvalue weighted by Crippen LogP contribution is -2.22. The molecule has 0 bridgehead atoms. The van der Waals surface area contributed by atoms with Crippen LogP contribution in [0.5, 0.6) is 5.75 Å². The Morgan fingerprint density at radius 3 is 2.19 bits per heavy atom. The number of thioether (sulfide) groups is 1. The molecule has 0 heterocycles. The molecule has 0 aliphatic rings. The molecule has 3 rings (SSSR count). The first kappa shape index (κ1) is 22.4. The van der Waals surface area contributed by atoms with E-state index in [2.05, 4.69) is 10.6 Å². The number of carbonyl (C=O) groups is 2. The third kappa shape index (κ3) is 6.12. The van der Waals surface area contributed by atoms with Crippen molar-refractivity contribution in [1.82, 2.24) is 0 Å². The highest BCUT2D eigenvalue weighted by molar-refractivity contribution is 8.00. The third-order valence-corrected chi connectivity index (χ3v) is 5.90. The van der Waals surface area contributed by atoms with Crippen molar-refractivity contribution < 1.29 is 14.3 Å². The first-order valence-electron chi connectivity index (χ1n) is 9.96. The molecular weight excluding hydrogens is 408 g/mol. The molecule has 1 atom stereocenters. The molecule has 0 saturated heterocycles. The maximum absolute atomic E-state index is 12.6. The van der Waals surface area contributed by atoms with Crippen LogP contribution in [0, 0.1) is 13.8 Å². The number of amides is 2. The van der Waals surface area contributed by atoms with E-state index in [0.717, 1.165) is 21.7 Å². The van der Waals surface area contributed by atoms with Crippen LogP contribution in [0.4, 0.5) is 11.4 Å². The van der Waals surface area contributed by atoms with Crippen molar-refractivity contribution in [3.8, 4) is 5.75 Å². The average Bonchev–Trinajstić information content (AvgIpc) is 2.77. The number of hydrogen-bond donors (Lipinski definition) is 2. The number of hydrogen-bond acceptors (Lipinski definition) is 4. The highest BCUT2D eigenvalue weighted by Gasteiger charge is 2.15. The van der Waals surface area contributed by atoms with Gasteiger partial charge in [-0.3, -0.25) is 9.59 Å². The first-order chi connectivity index (χ1) is 14.9. The van der Waals surface area contributed by atoms with E-state index in [9.17, 15) is 9.59 Å². The van der Waals surface area contributed by atoms with Crippen LogP contribution in [0.3, 0.4) is 0 Å². The molecule has 2 N–H and O–H groups in total. The first-order valence-corrected chi connectivity index (χ1v) is 10.8. The summed E-state index contributed by atoms with van der Waals surface area (Å²) in [6, 6.07) is 20.4. The molecule has 3 aromatic rings. The van der Waals surface area contributed by atoms with Crippen molar-refractivity contribution in [1.29, 1.82) is 0 Å². The van der Waals surface area contributed by atoms with Gasteiger partial charge >= 0.3 is 0 Å². The summed E-state index contributed by atoms with van der Waals surface area (Å²) < 4.78 is 5.11. The molecule has 0 fully saturated rings. The molecule has 0 saturated carbocycles. The fourth-order valence-corrected chi connectivity index (χ4v) is 3.88. The molecule has 3 aromatic carbocycles. The van der Waals surface area contributed by atoms with Crippen LogP contribution < -0.4 is 15.4 Å². The molecule has 5 nitrogen and oxygen atoms in total. The van der Waals surface area contributed by atoms with E-state index < -0.39 is 0 Å². The molecule has 160 valence electrons. The summed E-state index contributed by atoms with van der Waals surface area (Å²) in [6.45, 7) is 5.89. The van der Waals surface area contributed by atoms with Gasteiger partial charge in [0.1, 0.15) is 5.75 Å². The quantitative estimate of drug-likeness (QED) is 0.469. The normalized spacial score (nSPS) is 11.5. The van der Waals surface area contributed by atoms with Gasteiger partial charge in [0.25, 0.3) is 5.91 Å². The maximum atomic E-state index is 12.6. The van der Waals surface area contributed by atoms with Crippen molar-refractivity contribution in [3.05, 3.63) is 83.4 Å². The Morgan fingerprint density at radius 1 is 0.903 bits per heavy atom. The van der Waals surface area contributed by atoms with Crippen molar-refractivity contribution >= 4 is 35.0 Å². The second-order valence-corrected chi connectivity index (χ2v) is 8.69. The zero-order chi connectivity index (χ0) is 22.4. The third-order valence-electron chi connectivity index (χ3n) is 4.79. The Hall–Kier alpha value is -3.25. The van der Waals surface area contributed by atoms with Gasteiger partial charge in [0.2, 0.25) is 5.91 Å². The van der Waals surface area contributed by atoms with Crippen LogP contribution in [0.25, 0.3) is 0 Å². The zero-order valence-electron chi connectivity index (χ0n) is 18.1. The van der Waals surface area contributed by atoms with E-state index >= 15 is 0 Å². The molecule has 0 aliphatic carbocycles. The van der Waals surface area contributed by atoms with Crippen LogP contribution in [0.1, 0.15) is 28.4 Å². The highest BCUT2D eigenvalue weighted by atomic mass is 32.2. The molecule has 31 heavy (non-hydrogen) atoms. The minimum atomic E-state index is -0.263. The number of aryl methyl sites for hydroxylation is 2. The van der Waals surface area contributed by atoms with Gasteiger partial charge in [0.05, 0.1) is 12.4 Å². The number of benzene rings is 3. The zero-order valence-corrected chi connectivity index (χ0v) is 18.9. The monoisotopic (exact) mass is 434 g/mol. The van der Waals surface area contributed by atoms with Crippen molar-refractivity contribution in [2.75, 3.05) is 17.7 Å². The van der Waals surface area contributed by atoms with Gasteiger partial charge in [-0.15, -0.1) is 11.8 Å². The summed E-state index contributed by atoms with van der Waals surface area (Å²) in [6.07, 6.45) is 0. The van der Waals surface area contributed by atoms with E-state index in [0.29, 0.717) is 17.0 Å². The molecule has 0 spiro atoms. The van der Waals surface area contributed by atoms with E-state index in [1.54, 1.807) is 31.4 Å². The molecule has 6 heteroatoms. The smallest absolute Gasteiger partial charge is 0.255 e. The topological polar surface area (TPSA) is 67.4 Å². The predicted molar refractivity (Wildman–Crippen MR) is 127 cm³/mol. The Balaban J connectivity index is 1.56. The van der Waals surface area contributed by atoms with E-state index in [4.69, 9.17) is 4.74 Å². The van der Waals surface area contributed by atoms with Crippen LogP contribution in [0.2, 0.25) is 0 Å². The van der Waals surface area contributed by atoms with Crippen molar-refractivity contribution in [2.45, 2.75) is 30.9 Å². The number of nitrogens with one attached hydrogen (secondary N) is 2. The summed E-state index contributed by atoms with van der Waals surface area (Å²) in [5.74, 6) is 0.465. The van der Waals surface area contributed by atoms with Gasteiger partial charge in [-0.2, -0.15) is 0 Å². The summed E-state index contributed by atoms with van der Waals surface area (Å²) in [5, 5.41) is 5.61. The molecule has 0 aliphatic heterocycles. The summed E-state index contributed by atoms with van der Waals surface area (Å²) in [7, 11) is 1.59. The Morgan fingerprint density at radius 2 is 1.58 bits per heavy atom. The molecule has 0 radical (unpaired) electrons. The van der Waals surface area contributed by atoms with Gasteiger partial charge in [-0.25, -0.2) is 0 Å². The highest BCUT2D eigenvalue weighted by Crippen LogP contribution is 2.26. The lowest BCUT2D eigenvalue weighted by Gasteiger charge is -2.14. The lowest BCUT2D eigenvalue weighted by atomic mass is 10.1. The van der Waals surface area contributed by atoms with Crippen LogP contribution in [-0.2, 0) is 4.79 Å². The second-order valence-electron chi connectivity index (χ2n) is 7.27. The van der Waals surface area contributed by atoms with Gasteiger partial charge in [-0.1, -0.05) is 17.7 Å². The fourth-order valence-electron chi connectivity index (χ4n) is 3.01. The van der Waals surface area contributed by atoms with Crippen LogP contribution >= 0.6 is 11.8 Å². The molecule has 1 unspecified atom stereocenters. The lowest BCUT2D eigenvalue weighted by molar-refractivity contribution is -0.115. The Kier molecular flexibility index (Phi) is 7.36. The Labute approximate surface area is 187 Å².